The van der Waals surface area contributed by atoms with E-state index in [4.69, 9.17) is 18.9 Å². The molecule has 4 rings (SSSR count). The second-order valence-corrected chi connectivity index (χ2v) is 8.42. The molecule has 0 radical (unpaired) electrons. The Labute approximate surface area is 209 Å². The summed E-state index contributed by atoms with van der Waals surface area (Å²) < 4.78 is 16.3. The van der Waals surface area contributed by atoms with E-state index in [1.807, 2.05) is 43.3 Å². The minimum absolute atomic E-state index is 0.165. The van der Waals surface area contributed by atoms with Crippen LogP contribution in [-0.4, -0.2) is 43.2 Å². The molecule has 2 aliphatic rings. The molecule has 0 fully saturated rings. The van der Waals surface area contributed by atoms with Crippen LogP contribution in [-0.2, 0) is 19.1 Å². The highest BCUT2D eigenvalue weighted by atomic mass is 16.5. The normalized spacial score (nSPS) is 11.9. The number of rotatable bonds is 11. The molecular weight excluding hydrogens is 458 g/mol. The van der Waals surface area contributed by atoms with Crippen molar-refractivity contribution >= 4 is 39.5 Å². The molecule has 1 aliphatic carbocycles. The summed E-state index contributed by atoms with van der Waals surface area (Å²) in [5, 5.41) is 5.03. The second kappa shape index (κ2) is 12.3. The molecule has 36 heavy (non-hydrogen) atoms. The van der Waals surface area contributed by atoms with Gasteiger partial charge in [-0.1, -0.05) is 18.2 Å². The van der Waals surface area contributed by atoms with Gasteiger partial charge in [-0.15, -0.1) is 0 Å². The van der Waals surface area contributed by atoms with Gasteiger partial charge >= 0.3 is 11.9 Å². The van der Waals surface area contributed by atoms with Crippen LogP contribution in [0.15, 0.2) is 57.9 Å². The summed E-state index contributed by atoms with van der Waals surface area (Å²) in [5.41, 5.74) is 3.30. The van der Waals surface area contributed by atoms with Gasteiger partial charge in [0.05, 0.1) is 31.5 Å². The van der Waals surface area contributed by atoms with Crippen LogP contribution < -0.4 is 10.7 Å². The first-order valence-corrected chi connectivity index (χ1v) is 12.5. The third-order valence-electron chi connectivity index (χ3n) is 5.80. The molecule has 0 bridgehead atoms. The number of hydrogen-bond acceptors (Lipinski definition) is 7. The Hall–Kier alpha value is -3.78. The Bertz CT molecular complexity index is 1400. The molecule has 2 aromatic carbocycles. The number of carbonyl (C=O) groups is 2. The van der Waals surface area contributed by atoms with E-state index in [-0.39, 0.29) is 11.9 Å². The molecule has 2 N–H and O–H groups in total. The number of benzene rings is 3. The van der Waals surface area contributed by atoms with Gasteiger partial charge in [0.1, 0.15) is 16.9 Å². The highest BCUT2D eigenvalue weighted by molar-refractivity contribution is 6.08. The minimum atomic E-state index is -0.197. The van der Waals surface area contributed by atoms with Gasteiger partial charge in [-0.25, -0.2) is 4.98 Å². The van der Waals surface area contributed by atoms with E-state index >= 15 is 0 Å². The second-order valence-electron chi connectivity index (χ2n) is 8.42. The molecule has 2 aromatic rings. The summed E-state index contributed by atoms with van der Waals surface area (Å²) in [5.74, 6) is 0.289. The van der Waals surface area contributed by atoms with Crippen LogP contribution in [0.5, 0.6) is 0 Å². The molecule has 0 amide bonds. The standard InChI is InChI=1S/C28H31N3O5/c1-3-34-26(32)11-7-15-29-19-13-14-22-24(17-19)36-25-18-23(30-16-8-12-27(33)35-4-2)20-9-5-6-10-21(20)28(25)31-22/h5-6,9-10,13-14,17-18,30H,3-4,7-8,11-12,15-16H2,1-2H3/p+1. The summed E-state index contributed by atoms with van der Waals surface area (Å²) in [6.45, 7) is 5.70. The Kier molecular flexibility index (Phi) is 8.62. The maximum absolute atomic E-state index is 11.6. The Morgan fingerprint density at radius 1 is 0.944 bits per heavy atom. The highest BCUT2D eigenvalue weighted by Crippen LogP contribution is 2.32. The molecule has 0 spiro atoms. The average molecular weight is 491 g/mol. The molecular formula is C28H32N3O5+. The number of esters is 2. The summed E-state index contributed by atoms with van der Waals surface area (Å²) in [6.07, 6.45) is 2.11. The molecule has 0 saturated carbocycles. The van der Waals surface area contributed by atoms with Gasteiger partial charge in [-0.3, -0.25) is 14.6 Å². The summed E-state index contributed by atoms with van der Waals surface area (Å²) in [6, 6.07) is 15.9. The van der Waals surface area contributed by atoms with Crippen molar-refractivity contribution in [3.8, 4) is 11.5 Å². The van der Waals surface area contributed by atoms with Gasteiger partial charge in [0.25, 0.3) is 0 Å². The molecule has 1 heterocycles. The SMILES string of the molecule is CCOC(=O)CCCN=c1ccc2nc3c(cc([NH2+]CCCC(=O)OCC)c4ccccc43)oc-2c1. The smallest absolute Gasteiger partial charge is 0.305 e. The third kappa shape index (κ3) is 6.26. The number of fused-ring (bicyclic) bond motifs is 4. The van der Waals surface area contributed by atoms with E-state index in [2.05, 4.69) is 22.4 Å². The van der Waals surface area contributed by atoms with Gasteiger partial charge in [-0.2, -0.15) is 0 Å². The minimum Gasteiger partial charge on any atom is -0.466 e. The van der Waals surface area contributed by atoms with E-state index in [1.54, 1.807) is 6.92 Å². The quantitative estimate of drug-likeness (QED) is 0.112. The first-order chi connectivity index (χ1) is 17.6. The molecule has 0 atom stereocenters. The van der Waals surface area contributed by atoms with Crippen LogP contribution in [0.1, 0.15) is 39.5 Å². The van der Waals surface area contributed by atoms with E-state index in [0.717, 1.165) is 46.0 Å². The maximum atomic E-state index is 11.6. The topological polar surface area (TPSA) is 108 Å². The van der Waals surface area contributed by atoms with Crippen molar-refractivity contribution in [3.05, 3.63) is 53.9 Å². The van der Waals surface area contributed by atoms with Crippen LogP contribution >= 0.6 is 0 Å². The Morgan fingerprint density at radius 3 is 2.42 bits per heavy atom. The lowest BCUT2D eigenvalue weighted by molar-refractivity contribution is -0.570. The van der Waals surface area contributed by atoms with Gasteiger partial charge < -0.3 is 19.2 Å². The zero-order valence-electron chi connectivity index (χ0n) is 20.8. The summed E-state index contributed by atoms with van der Waals surface area (Å²) in [4.78, 5) is 32.6. The van der Waals surface area contributed by atoms with Gasteiger partial charge in [0, 0.05) is 42.3 Å². The fourth-order valence-electron chi connectivity index (χ4n) is 4.14. The zero-order valence-corrected chi connectivity index (χ0v) is 20.8. The highest BCUT2D eigenvalue weighted by Gasteiger charge is 2.16. The first kappa shape index (κ1) is 25.3. The van der Waals surface area contributed by atoms with Crippen molar-refractivity contribution in [2.75, 3.05) is 26.3 Å². The van der Waals surface area contributed by atoms with Crippen LogP contribution in [0, 0.1) is 0 Å². The fraction of sp³-hybridized carbons (Fsp3) is 0.357. The van der Waals surface area contributed by atoms with E-state index in [1.165, 1.54) is 0 Å². The van der Waals surface area contributed by atoms with Crippen LogP contribution in [0.4, 0.5) is 5.69 Å². The number of hydrogen-bond donors (Lipinski definition) is 1. The molecule has 1 aliphatic heterocycles. The number of carbonyl (C=O) groups excluding carboxylic acids is 2. The van der Waals surface area contributed by atoms with Gasteiger partial charge in [0.2, 0.25) is 0 Å². The van der Waals surface area contributed by atoms with Crippen molar-refractivity contribution in [2.24, 2.45) is 4.99 Å². The Morgan fingerprint density at radius 2 is 1.67 bits per heavy atom. The molecule has 188 valence electrons. The van der Waals surface area contributed by atoms with Crippen molar-refractivity contribution in [1.82, 2.24) is 4.98 Å². The van der Waals surface area contributed by atoms with E-state index in [9.17, 15) is 9.59 Å². The number of quaternary nitrogens is 1. The Balaban J connectivity index is 1.59. The third-order valence-corrected chi connectivity index (χ3v) is 5.80. The molecule has 8 heteroatoms. The van der Waals surface area contributed by atoms with Crippen molar-refractivity contribution < 1.29 is 28.8 Å². The number of nitrogens with zero attached hydrogens (tertiary/aromatic N) is 2. The fourth-order valence-corrected chi connectivity index (χ4v) is 4.14. The summed E-state index contributed by atoms with van der Waals surface area (Å²) >= 11 is 0. The van der Waals surface area contributed by atoms with E-state index < -0.39 is 0 Å². The monoisotopic (exact) mass is 490 g/mol. The molecule has 0 unspecified atom stereocenters. The largest absolute Gasteiger partial charge is 0.466 e. The maximum Gasteiger partial charge on any atom is 0.305 e. The predicted octanol–water partition coefficient (Wildman–Crippen LogP) is 3.87. The van der Waals surface area contributed by atoms with E-state index in [0.29, 0.717) is 50.4 Å². The number of ether oxygens (including phenoxy) is 2. The van der Waals surface area contributed by atoms with Crippen LogP contribution in [0.25, 0.3) is 33.3 Å². The molecule has 8 nitrogen and oxygen atoms in total. The van der Waals surface area contributed by atoms with Gasteiger partial charge in [-0.05, 0) is 38.5 Å². The predicted molar refractivity (Wildman–Crippen MR) is 137 cm³/mol. The molecule has 0 aromatic heterocycles. The number of nitrogens with two attached hydrogens (primary N) is 1. The molecule has 0 saturated heterocycles. The lowest BCUT2D eigenvalue weighted by Crippen LogP contribution is -2.78. The lowest BCUT2D eigenvalue weighted by Gasteiger charge is -2.11. The lowest BCUT2D eigenvalue weighted by atomic mass is 10.1. The zero-order chi connectivity index (χ0) is 25.3. The van der Waals surface area contributed by atoms with Crippen molar-refractivity contribution in [3.63, 3.8) is 0 Å². The van der Waals surface area contributed by atoms with Crippen molar-refractivity contribution in [1.29, 1.82) is 0 Å². The average Bonchev–Trinajstić information content (AvgIpc) is 2.88. The number of aromatic nitrogens is 1. The van der Waals surface area contributed by atoms with Gasteiger partial charge in [0.15, 0.2) is 11.3 Å². The summed E-state index contributed by atoms with van der Waals surface area (Å²) in [7, 11) is 0. The van der Waals surface area contributed by atoms with Crippen LogP contribution in [0.3, 0.4) is 0 Å². The first-order valence-electron chi connectivity index (χ1n) is 12.5. The van der Waals surface area contributed by atoms with Crippen LogP contribution in [0.2, 0.25) is 0 Å². The van der Waals surface area contributed by atoms with Crippen molar-refractivity contribution in [2.45, 2.75) is 39.5 Å².